The van der Waals surface area contributed by atoms with Gasteiger partial charge in [0.25, 0.3) is 0 Å². The fourth-order valence-electron chi connectivity index (χ4n) is 3.00. The monoisotopic (exact) mass is 415 g/mol. The van der Waals surface area contributed by atoms with Crippen LogP contribution in [0.5, 0.6) is 17.2 Å². The van der Waals surface area contributed by atoms with E-state index in [9.17, 15) is 14.9 Å². The van der Waals surface area contributed by atoms with Gasteiger partial charge in [0, 0.05) is 11.5 Å². The summed E-state index contributed by atoms with van der Waals surface area (Å²) >= 11 is 0. The minimum Gasteiger partial charge on any atom is -0.497 e. The quantitative estimate of drug-likeness (QED) is 0.158. The van der Waals surface area contributed by atoms with Crippen molar-refractivity contribution in [1.29, 1.82) is 0 Å². The van der Waals surface area contributed by atoms with E-state index in [-0.39, 0.29) is 23.0 Å². The second-order valence-corrected chi connectivity index (χ2v) is 6.61. The number of allylic oxidation sites excluding steroid dienone is 1. The van der Waals surface area contributed by atoms with Crippen molar-refractivity contribution in [2.24, 2.45) is 0 Å². The molecule has 0 unspecified atom stereocenters. The van der Waals surface area contributed by atoms with Gasteiger partial charge in [-0.05, 0) is 54.1 Å². The Bertz CT molecular complexity index is 1250. The lowest BCUT2D eigenvalue weighted by atomic mass is 10.1. The predicted octanol–water partition coefficient (Wildman–Crippen LogP) is 6.04. The number of carbonyl (C=O) groups excluding carboxylic acids is 1. The number of ketones is 1. The van der Waals surface area contributed by atoms with Gasteiger partial charge in [-0.2, -0.15) is 0 Å². The number of hydrogen-bond acceptors (Lipinski definition) is 6. The third-order valence-corrected chi connectivity index (χ3v) is 4.56. The molecule has 7 heteroatoms. The van der Waals surface area contributed by atoms with Crippen LogP contribution >= 0.6 is 0 Å². The van der Waals surface area contributed by atoms with Gasteiger partial charge < -0.3 is 13.9 Å². The van der Waals surface area contributed by atoms with E-state index in [2.05, 4.69) is 0 Å². The molecule has 0 amide bonds. The van der Waals surface area contributed by atoms with Crippen LogP contribution in [0.1, 0.15) is 16.1 Å². The number of ether oxygens (including phenoxy) is 2. The number of benzene rings is 3. The molecule has 4 rings (SSSR count). The van der Waals surface area contributed by atoms with Crippen molar-refractivity contribution in [1.82, 2.24) is 0 Å². The zero-order valence-electron chi connectivity index (χ0n) is 16.5. The lowest BCUT2D eigenvalue weighted by molar-refractivity contribution is -0.385. The molecule has 0 saturated carbocycles. The molecule has 0 atom stereocenters. The second kappa shape index (κ2) is 8.54. The molecular weight excluding hydrogens is 398 g/mol. The molecule has 0 fully saturated rings. The van der Waals surface area contributed by atoms with Crippen molar-refractivity contribution >= 4 is 28.5 Å². The molecule has 0 aliphatic heterocycles. The Morgan fingerprint density at radius 2 is 1.74 bits per heavy atom. The van der Waals surface area contributed by atoms with E-state index >= 15 is 0 Å². The summed E-state index contributed by atoms with van der Waals surface area (Å²) in [7, 11) is 1.55. The van der Waals surface area contributed by atoms with E-state index < -0.39 is 4.92 Å². The smallest absolute Gasteiger partial charge is 0.312 e. The third-order valence-electron chi connectivity index (χ3n) is 4.56. The molecule has 1 heterocycles. The maximum atomic E-state index is 12.4. The minimum absolute atomic E-state index is 0.0935. The number of furan rings is 1. The number of hydrogen-bond donors (Lipinski definition) is 0. The van der Waals surface area contributed by atoms with E-state index in [0.717, 1.165) is 5.39 Å². The summed E-state index contributed by atoms with van der Waals surface area (Å²) in [5.41, 5.74) is 0.891. The molecule has 154 valence electrons. The maximum absolute atomic E-state index is 12.4. The van der Waals surface area contributed by atoms with Crippen LogP contribution < -0.4 is 9.47 Å². The Morgan fingerprint density at radius 1 is 1.00 bits per heavy atom. The maximum Gasteiger partial charge on any atom is 0.312 e. The van der Waals surface area contributed by atoms with Crippen LogP contribution in [0.25, 0.3) is 17.0 Å². The predicted molar refractivity (Wildman–Crippen MR) is 116 cm³/mol. The van der Waals surface area contributed by atoms with Crippen LogP contribution in [0.2, 0.25) is 0 Å². The normalized spacial score (nSPS) is 11.0. The molecule has 7 nitrogen and oxygen atoms in total. The highest BCUT2D eigenvalue weighted by Crippen LogP contribution is 2.33. The Balaban J connectivity index is 1.55. The fraction of sp³-hybridized carbons (Fsp3) is 0.0417. The molecule has 31 heavy (non-hydrogen) atoms. The molecule has 3 aromatic carbocycles. The topological polar surface area (TPSA) is 91.8 Å². The molecule has 0 aliphatic carbocycles. The largest absolute Gasteiger partial charge is 0.497 e. The molecule has 0 saturated heterocycles. The average Bonchev–Trinajstić information content (AvgIpc) is 3.23. The first-order chi connectivity index (χ1) is 15.0. The van der Waals surface area contributed by atoms with Crippen LogP contribution in [0, 0.1) is 10.1 Å². The summed E-state index contributed by atoms with van der Waals surface area (Å²) in [6, 6.07) is 20.2. The average molecular weight is 415 g/mol. The summed E-state index contributed by atoms with van der Waals surface area (Å²) in [4.78, 5) is 23.4. The molecule has 4 aromatic rings. The van der Waals surface area contributed by atoms with Gasteiger partial charge in [-0.15, -0.1) is 0 Å². The number of nitro benzene ring substituents is 1. The third kappa shape index (κ3) is 4.45. The SMILES string of the molecule is COc1ccc(Oc2ccc(/C=C/C(=O)c3cc4ccccc4o3)cc2[N+](=O)[O-])cc1. The number of carbonyl (C=O) groups is 1. The van der Waals surface area contributed by atoms with E-state index in [1.165, 1.54) is 24.3 Å². The first kappa shape index (κ1) is 19.9. The molecule has 0 bridgehead atoms. The first-order valence-electron chi connectivity index (χ1n) is 9.35. The van der Waals surface area contributed by atoms with Gasteiger partial charge >= 0.3 is 5.69 Å². The van der Waals surface area contributed by atoms with E-state index in [0.29, 0.717) is 22.6 Å². The van der Waals surface area contributed by atoms with E-state index in [4.69, 9.17) is 13.9 Å². The van der Waals surface area contributed by atoms with Crippen molar-refractivity contribution < 1.29 is 23.6 Å². The van der Waals surface area contributed by atoms with Gasteiger partial charge in [0.1, 0.15) is 17.1 Å². The summed E-state index contributed by atoms with van der Waals surface area (Å²) in [5.74, 6) is 1.04. The summed E-state index contributed by atoms with van der Waals surface area (Å²) in [6.07, 6.45) is 2.82. The number of nitro groups is 1. The second-order valence-electron chi connectivity index (χ2n) is 6.61. The fourth-order valence-corrected chi connectivity index (χ4v) is 3.00. The number of para-hydroxylation sites is 1. The number of fused-ring (bicyclic) bond motifs is 1. The summed E-state index contributed by atoms with van der Waals surface area (Å²) in [6.45, 7) is 0. The van der Waals surface area contributed by atoms with Crippen LogP contribution in [0.4, 0.5) is 5.69 Å². The summed E-state index contributed by atoms with van der Waals surface area (Å²) < 4.78 is 16.3. The standard InChI is InChI=1S/C24H17NO6/c1-29-18-8-10-19(11-9-18)30-23-13-7-16(14-20(23)25(27)28)6-12-21(26)24-15-17-4-2-3-5-22(17)31-24/h2-15H,1H3/b12-6+. The molecule has 0 N–H and O–H groups in total. The van der Waals surface area contributed by atoms with Crippen molar-refractivity contribution in [2.45, 2.75) is 0 Å². The van der Waals surface area contributed by atoms with Crippen LogP contribution in [-0.2, 0) is 0 Å². The van der Waals surface area contributed by atoms with Crippen molar-refractivity contribution in [3.8, 4) is 17.2 Å². The van der Waals surface area contributed by atoms with Crippen LogP contribution in [0.15, 0.2) is 83.3 Å². The lowest BCUT2D eigenvalue weighted by Gasteiger charge is -2.07. The highest BCUT2D eigenvalue weighted by molar-refractivity contribution is 6.07. The van der Waals surface area contributed by atoms with Gasteiger partial charge in [-0.25, -0.2) is 0 Å². The van der Waals surface area contributed by atoms with Crippen LogP contribution in [-0.4, -0.2) is 17.8 Å². The number of methoxy groups -OCH3 is 1. The Hall–Kier alpha value is -4.39. The first-order valence-corrected chi connectivity index (χ1v) is 9.35. The zero-order chi connectivity index (χ0) is 21.8. The van der Waals surface area contributed by atoms with E-state index in [1.807, 2.05) is 18.2 Å². The molecule has 1 aromatic heterocycles. The Morgan fingerprint density at radius 3 is 2.45 bits per heavy atom. The Labute approximate surface area is 177 Å². The highest BCUT2D eigenvalue weighted by atomic mass is 16.6. The van der Waals surface area contributed by atoms with Crippen LogP contribution in [0.3, 0.4) is 0 Å². The van der Waals surface area contributed by atoms with Gasteiger partial charge in [0.15, 0.2) is 5.76 Å². The van der Waals surface area contributed by atoms with Gasteiger partial charge in [0.2, 0.25) is 11.5 Å². The molecule has 0 radical (unpaired) electrons. The summed E-state index contributed by atoms with van der Waals surface area (Å²) in [5, 5.41) is 12.4. The minimum atomic E-state index is -0.530. The molecule has 0 spiro atoms. The van der Waals surface area contributed by atoms with Crippen molar-refractivity contribution in [3.05, 3.63) is 100 Å². The molecule has 0 aliphatic rings. The van der Waals surface area contributed by atoms with Gasteiger partial charge in [0.05, 0.1) is 12.0 Å². The Kier molecular flexibility index (Phi) is 5.49. The number of rotatable bonds is 7. The molecular formula is C24H17NO6. The highest BCUT2D eigenvalue weighted by Gasteiger charge is 2.17. The van der Waals surface area contributed by atoms with Crippen molar-refractivity contribution in [3.63, 3.8) is 0 Å². The van der Waals surface area contributed by atoms with Gasteiger partial charge in [-0.1, -0.05) is 30.3 Å². The zero-order valence-corrected chi connectivity index (χ0v) is 16.5. The van der Waals surface area contributed by atoms with Gasteiger partial charge in [-0.3, -0.25) is 14.9 Å². The number of nitrogens with zero attached hydrogens (tertiary/aromatic N) is 1. The lowest BCUT2D eigenvalue weighted by Crippen LogP contribution is -1.95. The van der Waals surface area contributed by atoms with Crippen molar-refractivity contribution in [2.75, 3.05) is 7.11 Å². The van der Waals surface area contributed by atoms with E-state index in [1.54, 1.807) is 49.6 Å².